The van der Waals surface area contributed by atoms with Gasteiger partial charge in [-0.3, -0.25) is 9.59 Å². The molecule has 182 valence electrons. The fraction of sp³-hybridized carbons (Fsp3) is 0.259. The Morgan fingerprint density at radius 3 is 2.49 bits per heavy atom. The smallest absolute Gasteiger partial charge is 0.416 e. The number of alkyl halides is 3. The van der Waals surface area contributed by atoms with Gasteiger partial charge in [0, 0.05) is 24.3 Å². The van der Waals surface area contributed by atoms with E-state index in [0.29, 0.717) is 29.0 Å². The van der Waals surface area contributed by atoms with Gasteiger partial charge in [-0.05, 0) is 47.9 Å². The molecule has 35 heavy (non-hydrogen) atoms. The summed E-state index contributed by atoms with van der Waals surface area (Å²) in [4.78, 5) is 27.1. The van der Waals surface area contributed by atoms with Crippen LogP contribution in [0, 0.1) is 0 Å². The first-order valence-corrected chi connectivity index (χ1v) is 11.3. The lowest BCUT2D eigenvalue weighted by Gasteiger charge is -2.23. The largest absolute Gasteiger partial charge is 0.480 e. The van der Waals surface area contributed by atoms with E-state index in [0.717, 1.165) is 17.7 Å². The molecule has 0 unspecified atom stereocenters. The summed E-state index contributed by atoms with van der Waals surface area (Å²) < 4.78 is 45.4. The lowest BCUT2D eigenvalue weighted by Crippen LogP contribution is -2.38. The van der Waals surface area contributed by atoms with Gasteiger partial charge in [0.05, 0.1) is 12.0 Å². The molecule has 0 saturated heterocycles. The van der Waals surface area contributed by atoms with Crippen molar-refractivity contribution in [1.29, 1.82) is 0 Å². The zero-order valence-corrected chi connectivity index (χ0v) is 19.1. The number of halogens is 3. The topological polar surface area (TPSA) is 58.6 Å². The van der Waals surface area contributed by atoms with Gasteiger partial charge in [0.15, 0.2) is 6.10 Å². The summed E-state index contributed by atoms with van der Waals surface area (Å²) in [5.74, 6) is 0.0302. The molecule has 0 radical (unpaired) electrons. The van der Waals surface area contributed by atoms with Crippen molar-refractivity contribution in [1.82, 2.24) is 4.90 Å². The van der Waals surface area contributed by atoms with E-state index in [2.05, 4.69) is 5.32 Å². The van der Waals surface area contributed by atoms with Crippen LogP contribution in [-0.4, -0.2) is 22.8 Å². The van der Waals surface area contributed by atoms with Crippen LogP contribution in [0.25, 0.3) is 0 Å². The first-order chi connectivity index (χ1) is 16.7. The number of nitrogens with one attached hydrogen (secondary N) is 1. The number of anilines is 1. The maximum atomic E-state index is 13.2. The monoisotopic (exact) mass is 482 g/mol. The van der Waals surface area contributed by atoms with Crippen molar-refractivity contribution in [3.8, 4) is 5.75 Å². The van der Waals surface area contributed by atoms with Gasteiger partial charge >= 0.3 is 6.18 Å². The summed E-state index contributed by atoms with van der Waals surface area (Å²) in [5, 5.41) is 2.86. The van der Waals surface area contributed by atoms with Crippen LogP contribution < -0.4 is 10.1 Å². The molecule has 0 bridgehead atoms. The number of hydrogen-bond acceptors (Lipinski definition) is 3. The highest BCUT2D eigenvalue weighted by Crippen LogP contribution is 2.32. The number of rotatable bonds is 6. The first kappa shape index (κ1) is 24.3. The number of carbonyl (C=O) groups is 2. The minimum absolute atomic E-state index is 0.00659. The maximum absolute atomic E-state index is 13.2. The zero-order chi connectivity index (χ0) is 25.0. The summed E-state index contributed by atoms with van der Waals surface area (Å²) >= 11 is 0. The molecule has 0 fully saturated rings. The van der Waals surface area contributed by atoms with Gasteiger partial charge in [-0.1, -0.05) is 49.4 Å². The van der Waals surface area contributed by atoms with E-state index in [1.54, 1.807) is 24.3 Å². The molecule has 1 aliphatic rings. The minimum Gasteiger partial charge on any atom is -0.480 e. The molecule has 1 heterocycles. The first-order valence-electron chi connectivity index (χ1n) is 11.3. The Labute approximate surface area is 201 Å². The minimum atomic E-state index is -4.46. The number of nitrogens with zero attached hydrogens (tertiary/aromatic N) is 1. The molecule has 5 nitrogen and oxygen atoms in total. The quantitative estimate of drug-likeness (QED) is 0.499. The second kappa shape index (κ2) is 10.2. The second-order valence-corrected chi connectivity index (χ2v) is 8.44. The number of ether oxygens (including phenoxy) is 1. The predicted octanol–water partition coefficient (Wildman–Crippen LogP) is 5.59. The van der Waals surface area contributed by atoms with Crippen LogP contribution in [0.5, 0.6) is 5.75 Å². The summed E-state index contributed by atoms with van der Waals surface area (Å²) in [6.07, 6.45) is -4.59. The third-order valence-corrected chi connectivity index (χ3v) is 5.77. The lowest BCUT2D eigenvalue weighted by atomic mass is 10.1. The van der Waals surface area contributed by atoms with Crippen molar-refractivity contribution in [3.63, 3.8) is 0 Å². The van der Waals surface area contributed by atoms with Crippen molar-refractivity contribution in [2.45, 2.75) is 45.1 Å². The van der Waals surface area contributed by atoms with E-state index in [1.165, 1.54) is 11.0 Å². The molecular weight excluding hydrogens is 457 g/mol. The van der Waals surface area contributed by atoms with E-state index in [1.807, 2.05) is 37.3 Å². The van der Waals surface area contributed by atoms with Crippen LogP contribution in [0.15, 0.2) is 72.8 Å². The molecule has 0 saturated carbocycles. The van der Waals surface area contributed by atoms with E-state index < -0.39 is 17.8 Å². The maximum Gasteiger partial charge on any atom is 0.416 e. The van der Waals surface area contributed by atoms with Crippen molar-refractivity contribution in [2.75, 3.05) is 5.32 Å². The van der Waals surface area contributed by atoms with Crippen LogP contribution in [0.2, 0.25) is 0 Å². The molecule has 0 aromatic heterocycles. The fourth-order valence-electron chi connectivity index (χ4n) is 4.03. The Balaban J connectivity index is 1.55. The molecular formula is C27H25F3N2O3. The van der Waals surface area contributed by atoms with Crippen LogP contribution in [0.1, 0.15) is 35.6 Å². The molecule has 8 heteroatoms. The van der Waals surface area contributed by atoms with Gasteiger partial charge in [-0.15, -0.1) is 0 Å². The van der Waals surface area contributed by atoms with Gasteiger partial charge in [-0.25, -0.2) is 0 Å². The van der Waals surface area contributed by atoms with Crippen molar-refractivity contribution < 1.29 is 27.5 Å². The summed E-state index contributed by atoms with van der Waals surface area (Å²) in [5.41, 5.74) is 1.71. The van der Waals surface area contributed by atoms with E-state index in [-0.39, 0.29) is 31.3 Å². The van der Waals surface area contributed by atoms with Gasteiger partial charge in [-0.2, -0.15) is 13.2 Å². The normalized spacial score (nSPS) is 15.7. The summed E-state index contributed by atoms with van der Waals surface area (Å²) in [6.45, 7) is 1.96. The summed E-state index contributed by atoms with van der Waals surface area (Å²) in [7, 11) is 0. The van der Waals surface area contributed by atoms with E-state index in [9.17, 15) is 22.8 Å². The third kappa shape index (κ3) is 6.01. The number of carbonyl (C=O) groups excluding carboxylic acids is 2. The average molecular weight is 483 g/mol. The number of fused-ring (bicyclic) bond motifs is 1. The van der Waals surface area contributed by atoms with Crippen molar-refractivity contribution >= 4 is 17.5 Å². The van der Waals surface area contributed by atoms with E-state index >= 15 is 0 Å². The van der Waals surface area contributed by atoms with Crippen LogP contribution in [-0.2, 0) is 35.3 Å². The second-order valence-electron chi connectivity index (χ2n) is 8.44. The number of amides is 2. The van der Waals surface area contributed by atoms with E-state index in [4.69, 9.17) is 4.74 Å². The Bertz CT molecular complexity index is 1210. The molecule has 1 aliphatic heterocycles. The van der Waals surface area contributed by atoms with Crippen LogP contribution >= 0.6 is 0 Å². The molecule has 0 spiro atoms. The number of hydrogen-bond donors (Lipinski definition) is 1. The highest BCUT2D eigenvalue weighted by molar-refractivity contribution is 5.92. The Hall–Kier alpha value is -3.81. The van der Waals surface area contributed by atoms with Gasteiger partial charge in [0.1, 0.15) is 5.75 Å². The van der Waals surface area contributed by atoms with Gasteiger partial charge < -0.3 is 15.0 Å². The molecule has 1 N–H and O–H groups in total. The van der Waals surface area contributed by atoms with Crippen molar-refractivity contribution in [3.05, 3.63) is 95.1 Å². The molecule has 0 aliphatic carbocycles. The van der Waals surface area contributed by atoms with Gasteiger partial charge in [0.2, 0.25) is 5.91 Å². The SMILES string of the molecule is CC[C@H]1Oc2ccc(NC(=O)Cc3ccccc3)cc2CN(Cc2cccc(C(F)(F)F)c2)C1=O. The highest BCUT2D eigenvalue weighted by atomic mass is 19.4. The Morgan fingerprint density at radius 2 is 1.77 bits per heavy atom. The molecule has 3 aromatic rings. The predicted molar refractivity (Wildman–Crippen MR) is 126 cm³/mol. The molecule has 3 aromatic carbocycles. The van der Waals surface area contributed by atoms with Gasteiger partial charge in [0.25, 0.3) is 5.91 Å². The average Bonchev–Trinajstić information content (AvgIpc) is 2.95. The molecule has 2 amide bonds. The zero-order valence-electron chi connectivity index (χ0n) is 19.1. The fourth-order valence-corrected chi connectivity index (χ4v) is 4.03. The lowest BCUT2D eigenvalue weighted by molar-refractivity contribution is -0.139. The third-order valence-electron chi connectivity index (χ3n) is 5.77. The summed E-state index contributed by atoms with van der Waals surface area (Å²) in [6, 6.07) is 19.5. The molecule has 4 rings (SSSR count). The Kier molecular flexibility index (Phi) is 7.10. The standard InChI is InChI=1S/C27H25F3N2O3/c1-2-23-26(34)32(16-19-9-6-10-21(13-19)27(28,29)30)17-20-15-22(11-12-24(20)35-23)31-25(33)14-18-7-4-3-5-8-18/h3-13,15,23H,2,14,16-17H2,1H3,(H,31,33)/t23-/m1/s1. The van der Waals surface area contributed by atoms with Crippen molar-refractivity contribution in [2.24, 2.45) is 0 Å². The molecule has 1 atom stereocenters. The van der Waals surface area contributed by atoms with Crippen LogP contribution in [0.3, 0.4) is 0 Å². The number of benzene rings is 3. The Morgan fingerprint density at radius 1 is 1.03 bits per heavy atom. The highest BCUT2D eigenvalue weighted by Gasteiger charge is 2.32. The van der Waals surface area contributed by atoms with Crippen LogP contribution in [0.4, 0.5) is 18.9 Å².